The van der Waals surface area contributed by atoms with Gasteiger partial charge in [-0.1, -0.05) is 6.08 Å². The van der Waals surface area contributed by atoms with Crippen LogP contribution in [0.25, 0.3) is 0 Å². The molecule has 0 N–H and O–H groups in total. The van der Waals surface area contributed by atoms with E-state index in [9.17, 15) is 0 Å². The minimum atomic E-state index is 0.414. The Morgan fingerprint density at radius 2 is 2.56 bits per heavy atom. The average Bonchev–Trinajstić information content (AvgIpc) is 2.47. The van der Waals surface area contributed by atoms with E-state index < -0.39 is 0 Å². The van der Waals surface area contributed by atoms with Crippen molar-refractivity contribution in [3.63, 3.8) is 0 Å². The van der Waals surface area contributed by atoms with Crippen LogP contribution in [0.5, 0.6) is 0 Å². The summed E-state index contributed by atoms with van der Waals surface area (Å²) in [5, 5.41) is 0.414. The first kappa shape index (κ1) is 7.16. The second-order valence-electron chi connectivity index (χ2n) is 2.55. The second kappa shape index (κ2) is 2.76. The molecule has 52 valence electrons. The Kier molecular flexibility index (Phi) is 2.19. The van der Waals surface area contributed by atoms with Gasteiger partial charge in [-0.15, -0.1) is 6.58 Å². The van der Waals surface area contributed by atoms with Crippen molar-refractivity contribution in [1.82, 2.24) is 4.90 Å². The molecule has 0 saturated carbocycles. The topological polar surface area (TPSA) is 3.01 Å². The highest BCUT2D eigenvalue weighted by molar-refractivity contribution is 7.80. The molecule has 1 saturated heterocycles. The molecule has 1 heterocycles. The average molecular weight is 143 g/mol. The molecule has 2 heteroatoms. The molecule has 0 aliphatic carbocycles. The summed E-state index contributed by atoms with van der Waals surface area (Å²) < 4.78 is 0. The fourth-order valence-corrected chi connectivity index (χ4v) is 1.43. The Bertz CT molecular complexity index is 113. The SMILES string of the molecule is C=CCC(S)N1CC1C. The lowest BCUT2D eigenvalue weighted by Crippen LogP contribution is -2.11. The van der Waals surface area contributed by atoms with Gasteiger partial charge in [0.15, 0.2) is 0 Å². The molecule has 3 unspecified atom stereocenters. The minimum Gasteiger partial charge on any atom is -0.286 e. The van der Waals surface area contributed by atoms with Crippen LogP contribution in [0.4, 0.5) is 0 Å². The molecule has 1 aliphatic heterocycles. The smallest absolute Gasteiger partial charge is 0.0565 e. The first-order valence-electron chi connectivity index (χ1n) is 3.30. The molecule has 9 heavy (non-hydrogen) atoms. The molecule has 1 aliphatic rings. The Hall–Kier alpha value is 0.0500. The van der Waals surface area contributed by atoms with E-state index in [1.54, 1.807) is 0 Å². The van der Waals surface area contributed by atoms with Crippen molar-refractivity contribution in [2.75, 3.05) is 6.54 Å². The molecular formula is C7H13NS. The molecule has 1 nitrogen and oxygen atoms in total. The summed E-state index contributed by atoms with van der Waals surface area (Å²) in [5.41, 5.74) is 0. The van der Waals surface area contributed by atoms with Gasteiger partial charge in [-0.2, -0.15) is 12.6 Å². The fraction of sp³-hybridized carbons (Fsp3) is 0.714. The van der Waals surface area contributed by atoms with E-state index in [4.69, 9.17) is 0 Å². The van der Waals surface area contributed by atoms with Gasteiger partial charge in [0, 0.05) is 12.6 Å². The first-order chi connectivity index (χ1) is 4.25. The van der Waals surface area contributed by atoms with Gasteiger partial charge in [0.05, 0.1) is 5.37 Å². The molecule has 0 aromatic heterocycles. The largest absolute Gasteiger partial charge is 0.286 e. The zero-order chi connectivity index (χ0) is 6.85. The lowest BCUT2D eigenvalue weighted by Gasteiger charge is -2.07. The van der Waals surface area contributed by atoms with Crippen LogP contribution in [0.3, 0.4) is 0 Å². The standard InChI is InChI=1S/C7H13NS/c1-3-4-7(9)8-5-6(8)2/h3,6-7,9H,1,4-5H2,2H3. The van der Waals surface area contributed by atoms with Gasteiger partial charge in [-0.05, 0) is 13.3 Å². The minimum absolute atomic E-state index is 0.414. The first-order valence-corrected chi connectivity index (χ1v) is 3.82. The molecule has 0 bridgehead atoms. The molecule has 1 rings (SSSR count). The molecule has 0 radical (unpaired) electrons. The van der Waals surface area contributed by atoms with E-state index in [1.165, 1.54) is 6.54 Å². The van der Waals surface area contributed by atoms with E-state index in [0.29, 0.717) is 5.37 Å². The zero-order valence-electron chi connectivity index (χ0n) is 5.75. The van der Waals surface area contributed by atoms with Gasteiger partial charge >= 0.3 is 0 Å². The molecule has 0 amide bonds. The third-order valence-electron chi connectivity index (χ3n) is 1.67. The summed E-state index contributed by atoms with van der Waals surface area (Å²) in [6, 6.07) is 0.757. The Morgan fingerprint density at radius 1 is 2.00 bits per heavy atom. The quantitative estimate of drug-likeness (QED) is 0.356. The predicted octanol–water partition coefficient (Wildman–Crippen LogP) is 1.52. The summed E-state index contributed by atoms with van der Waals surface area (Å²) in [4.78, 5) is 2.34. The zero-order valence-corrected chi connectivity index (χ0v) is 6.64. The van der Waals surface area contributed by atoms with Crippen molar-refractivity contribution in [2.45, 2.75) is 24.8 Å². The van der Waals surface area contributed by atoms with Gasteiger partial charge in [0.1, 0.15) is 0 Å². The molecule has 1 fully saturated rings. The highest BCUT2D eigenvalue weighted by atomic mass is 32.1. The highest BCUT2D eigenvalue weighted by Crippen LogP contribution is 2.24. The number of nitrogens with zero attached hydrogens (tertiary/aromatic N) is 1. The summed E-state index contributed by atoms with van der Waals surface area (Å²) in [7, 11) is 0. The number of rotatable bonds is 3. The van der Waals surface area contributed by atoms with E-state index in [2.05, 4.69) is 31.0 Å². The molecule has 0 aromatic carbocycles. The van der Waals surface area contributed by atoms with Crippen LogP contribution >= 0.6 is 12.6 Å². The van der Waals surface area contributed by atoms with Crippen molar-refractivity contribution in [1.29, 1.82) is 0 Å². The van der Waals surface area contributed by atoms with Crippen molar-refractivity contribution in [3.05, 3.63) is 12.7 Å². The highest BCUT2D eigenvalue weighted by Gasteiger charge is 2.32. The lowest BCUT2D eigenvalue weighted by molar-refractivity contribution is 0.491. The summed E-state index contributed by atoms with van der Waals surface area (Å²) in [5.74, 6) is 0. The Balaban J connectivity index is 2.18. The number of thiol groups is 1. The predicted molar refractivity (Wildman–Crippen MR) is 43.8 cm³/mol. The van der Waals surface area contributed by atoms with Crippen LogP contribution in [-0.4, -0.2) is 22.9 Å². The second-order valence-corrected chi connectivity index (χ2v) is 3.15. The summed E-state index contributed by atoms with van der Waals surface area (Å²) in [6.07, 6.45) is 2.91. The van der Waals surface area contributed by atoms with Crippen LogP contribution in [0.2, 0.25) is 0 Å². The summed E-state index contributed by atoms with van der Waals surface area (Å²) in [6.45, 7) is 7.09. The lowest BCUT2D eigenvalue weighted by atomic mass is 10.4. The van der Waals surface area contributed by atoms with Gasteiger partial charge in [0.25, 0.3) is 0 Å². The Labute approximate surface area is 62.1 Å². The van der Waals surface area contributed by atoms with Crippen molar-refractivity contribution < 1.29 is 0 Å². The van der Waals surface area contributed by atoms with Gasteiger partial charge in [0.2, 0.25) is 0 Å². The van der Waals surface area contributed by atoms with Gasteiger partial charge in [-0.3, -0.25) is 4.90 Å². The van der Waals surface area contributed by atoms with E-state index in [-0.39, 0.29) is 0 Å². The normalized spacial score (nSPS) is 35.8. The molecule has 0 spiro atoms. The number of hydrogen-bond acceptors (Lipinski definition) is 2. The van der Waals surface area contributed by atoms with E-state index in [1.807, 2.05) is 6.08 Å². The maximum absolute atomic E-state index is 4.38. The maximum Gasteiger partial charge on any atom is 0.0565 e. The van der Waals surface area contributed by atoms with Crippen LogP contribution < -0.4 is 0 Å². The van der Waals surface area contributed by atoms with Crippen molar-refractivity contribution in [3.8, 4) is 0 Å². The fourth-order valence-electron chi connectivity index (χ4n) is 0.958. The van der Waals surface area contributed by atoms with Crippen LogP contribution in [0, 0.1) is 0 Å². The van der Waals surface area contributed by atoms with E-state index >= 15 is 0 Å². The number of hydrogen-bond donors (Lipinski definition) is 1. The summed E-state index contributed by atoms with van der Waals surface area (Å²) >= 11 is 4.38. The van der Waals surface area contributed by atoms with Gasteiger partial charge < -0.3 is 0 Å². The Morgan fingerprint density at radius 3 is 2.89 bits per heavy atom. The van der Waals surface area contributed by atoms with E-state index in [0.717, 1.165) is 12.5 Å². The van der Waals surface area contributed by atoms with Crippen LogP contribution in [0.15, 0.2) is 12.7 Å². The monoisotopic (exact) mass is 143 g/mol. The molecule has 0 aromatic rings. The maximum atomic E-state index is 4.38. The van der Waals surface area contributed by atoms with Gasteiger partial charge in [-0.25, -0.2) is 0 Å². The third-order valence-corrected chi connectivity index (χ3v) is 2.18. The molecular weight excluding hydrogens is 130 g/mol. The van der Waals surface area contributed by atoms with Crippen LogP contribution in [-0.2, 0) is 0 Å². The van der Waals surface area contributed by atoms with Crippen LogP contribution in [0.1, 0.15) is 13.3 Å². The van der Waals surface area contributed by atoms with Crippen molar-refractivity contribution in [2.24, 2.45) is 0 Å². The molecule has 3 atom stereocenters. The third kappa shape index (κ3) is 1.73. The van der Waals surface area contributed by atoms with Crippen molar-refractivity contribution >= 4 is 12.6 Å².